The summed E-state index contributed by atoms with van der Waals surface area (Å²) >= 11 is 1.38. The average molecular weight is 307 g/mol. The van der Waals surface area contributed by atoms with Crippen LogP contribution in [0.4, 0.5) is 0 Å². The Kier molecular flexibility index (Phi) is 5.80. The van der Waals surface area contributed by atoms with Crippen LogP contribution in [0, 0.1) is 18.8 Å². The van der Waals surface area contributed by atoms with Crippen LogP contribution in [0.25, 0.3) is 0 Å². The number of hydrogen-bond acceptors (Lipinski definition) is 4. The van der Waals surface area contributed by atoms with Gasteiger partial charge in [-0.1, -0.05) is 11.8 Å². The highest BCUT2D eigenvalue weighted by Crippen LogP contribution is 2.26. The number of rotatable bonds is 3. The third-order valence-corrected chi connectivity index (χ3v) is 4.90. The minimum absolute atomic E-state index is 0.0401. The van der Waals surface area contributed by atoms with Crippen LogP contribution in [0.1, 0.15) is 45.8 Å². The Morgan fingerprint density at radius 2 is 2.29 bits per heavy atom. The first kappa shape index (κ1) is 16.0. The highest BCUT2D eigenvalue weighted by molar-refractivity contribution is 7.14. The van der Waals surface area contributed by atoms with Gasteiger partial charge in [0.05, 0.1) is 9.75 Å². The molecule has 114 valence electrons. The molecule has 1 unspecified atom stereocenters. The molecule has 21 heavy (non-hydrogen) atoms. The molecule has 1 saturated heterocycles. The molecule has 0 radical (unpaired) electrons. The Morgan fingerprint density at radius 1 is 1.48 bits per heavy atom. The van der Waals surface area contributed by atoms with Crippen molar-refractivity contribution in [1.82, 2.24) is 4.90 Å². The molecule has 2 rings (SSSR count). The normalized spacial score (nSPS) is 18.2. The number of amides is 1. The zero-order valence-corrected chi connectivity index (χ0v) is 13.1. The molecule has 2 heterocycles. The van der Waals surface area contributed by atoms with Crippen molar-refractivity contribution in [2.75, 3.05) is 19.8 Å². The van der Waals surface area contributed by atoms with Gasteiger partial charge in [-0.3, -0.25) is 4.79 Å². The van der Waals surface area contributed by atoms with Gasteiger partial charge in [0.1, 0.15) is 6.61 Å². The van der Waals surface area contributed by atoms with Crippen molar-refractivity contribution >= 4 is 17.2 Å². The van der Waals surface area contributed by atoms with E-state index >= 15 is 0 Å². The topological polar surface area (TPSA) is 60.8 Å². The van der Waals surface area contributed by atoms with E-state index in [-0.39, 0.29) is 25.2 Å². The Bertz CT molecular complexity index is 554. The molecule has 1 atom stereocenters. The molecule has 1 fully saturated rings. The van der Waals surface area contributed by atoms with Crippen LogP contribution < -0.4 is 0 Å². The molecule has 2 N–H and O–H groups in total. The molecule has 1 aliphatic rings. The van der Waals surface area contributed by atoms with E-state index < -0.39 is 0 Å². The van der Waals surface area contributed by atoms with Crippen LogP contribution in [0.15, 0.2) is 6.07 Å². The second kappa shape index (κ2) is 7.60. The number of aryl methyl sites for hydroxylation is 1. The number of piperidine rings is 1. The number of aliphatic hydroxyl groups is 2. The standard InChI is InChI=1S/C16H21NO3S/c1-12-11-15(21-14(12)6-4-9-18)16(20)17-8-3-2-5-13(17)7-10-19/h11,13,18-19H,2-3,5,7-10H2,1H3. The summed E-state index contributed by atoms with van der Waals surface area (Å²) in [5.41, 5.74) is 0.972. The summed E-state index contributed by atoms with van der Waals surface area (Å²) in [6.45, 7) is 2.63. The summed E-state index contributed by atoms with van der Waals surface area (Å²) < 4.78 is 0. The molecule has 1 aromatic rings. The number of carbonyl (C=O) groups excluding carboxylic acids is 1. The zero-order valence-electron chi connectivity index (χ0n) is 12.3. The molecule has 0 aliphatic carbocycles. The van der Waals surface area contributed by atoms with E-state index in [4.69, 9.17) is 10.2 Å². The lowest BCUT2D eigenvalue weighted by molar-refractivity contribution is 0.0579. The van der Waals surface area contributed by atoms with Gasteiger partial charge in [-0.05, 0) is 44.2 Å². The number of aliphatic hydroxyl groups excluding tert-OH is 2. The van der Waals surface area contributed by atoms with E-state index in [9.17, 15) is 4.79 Å². The highest BCUT2D eigenvalue weighted by Gasteiger charge is 2.28. The molecular weight excluding hydrogens is 286 g/mol. The van der Waals surface area contributed by atoms with Crippen molar-refractivity contribution in [3.8, 4) is 11.8 Å². The molecule has 4 nitrogen and oxygen atoms in total. The van der Waals surface area contributed by atoms with Gasteiger partial charge in [0, 0.05) is 19.2 Å². The average Bonchev–Trinajstić information content (AvgIpc) is 2.86. The molecular formula is C16H21NO3S. The predicted octanol–water partition coefficient (Wildman–Crippen LogP) is 1.78. The molecule has 0 saturated carbocycles. The van der Waals surface area contributed by atoms with Crippen LogP contribution in [-0.4, -0.2) is 46.8 Å². The molecule has 1 amide bonds. The largest absolute Gasteiger partial charge is 0.396 e. The van der Waals surface area contributed by atoms with Gasteiger partial charge < -0.3 is 15.1 Å². The lowest BCUT2D eigenvalue weighted by Gasteiger charge is -2.35. The fourth-order valence-corrected chi connectivity index (χ4v) is 3.69. The summed E-state index contributed by atoms with van der Waals surface area (Å²) in [4.78, 5) is 16.1. The van der Waals surface area contributed by atoms with Crippen LogP contribution in [0.5, 0.6) is 0 Å². The van der Waals surface area contributed by atoms with Gasteiger partial charge in [-0.15, -0.1) is 11.3 Å². The summed E-state index contributed by atoms with van der Waals surface area (Å²) in [7, 11) is 0. The maximum absolute atomic E-state index is 12.7. The van der Waals surface area contributed by atoms with E-state index in [0.717, 1.165) is 36.2 Å². The molecule has 1 aromatic heterocycles. The minimum atomic E-state index is -0.175. The Hall–Kier alpha value is -1.35. The van der Waals surface area contributed by atoms with Crippen molar-refractivity contribution < 1.29 is 15.0 Å². The maximum atomic E-state index is 12.7. The minimum Gasteiger partial charge on any atom is -0.396 e. The number of hydrogen-bond donors (Lipinski definition) is 2. The first-order chi connectivity index (χ1) is 10.2. The molecule has 0 spiro atoms. The molecule has 0 bridgehead atoms. The Balaban J connectivity index is 2.18. The molecule has 1 aliphatic heterocycles. The van der Waals surface area contributed by atoms with Crippen molar-refractivity contribution in [2.24, 2.45) is 0 Å². The fraction of sp³-hybridized carbons (Fsp3) is 0.562. The van der Waals surface area contributed by atoms with E-state index in [1.54, 1.807) is 0 Å². The predicted molar refractivity (Wildman–Crippen MR) is 83.4 cm³/mol. The van der Waals surface area contributed by atoms with Gasteiger partial charge >= 0.3 is 0 Å². The Labute approximate surface area is 129 Å². The number of nitrogens with zero attached hydrogens (tertiary/aromatic N) is 1. The quantitative estimate of drug-likeness (QED) is 0.837. The lowest BCUT2D eigenvalue weighted by atomic mass is 9.99. The summed E-state index contributed by atoms with van der Waals surface area (Å²) in [5, 5.41) is 17.9. The third kappa shape index (κ3) is 3.85. The number of carbonyl (C=O) groups is 1. The van der Waals surface area contributed by atoms with Gasteiger partial charge in [0.25, 0.3) is 5.91 Å². The second-order valence-corrected chi connectivity index (χ2v) is 6.30. The van der Waals surface area contributed by atoms with Crippen molar-refractivity contribution in [2.45, 2.75) is 38.6 Å². The lowest BCUT2D eigenvalue weighted by Crippen LogP contribution is -2.43. The smallest absolute Gasteiger partial charge is 0.264 e. The zero-order chi connectivity index (χ0) is 15.2. The summed E-state index contributed by atoms with van der Waals surface area (Å²) in [5.74, 6) is 5.55. The van der Waals surface area contributed by atoms with Gasteiger partial charge in [-0.2, -0.15) is 0 Å². The van der Waals surface area contributed by atoms with Crippen molar-refractivity contribution in [1.29, 1.82) is 0 Å². The van der Waals surface area contributed by atoms with E-state index in [1.807, 2.05) is 17.9 Å². The molecule has 5 heteroatoms. The number of thiophene rings is 1. The van der Waals surface area contributed by atoms with Crippen LogP contribution in [0.3, 0.4) is 0 Å². The van der Waals surface area contributed by atoms with Gasteiger partial charge in [-0.25, -0.2) is 0 Å². The highest BCUT2D eigenvalue weighted by atomic mass is 32.1. The SMILES string of the molecule is Cc1cc(C(=O)N2CCCCC2CCO)sc1C#CCO. The van der Waals surface area contributed by atoms with Crippen molar-refractivity contribution in [3.05, 3.63) is 21.4 Å². The Morgan fingerprint density at radius 3 is 3.00 bits per heavy atom. The first-order valence-electron chi connectivity index (χ1n) is 7.29. The van der Waals surface area contributed by atoms with Gasteiger partial charge in [0.2, 0.25) is 0 Å². The van der Waals surface area contributed by atoms with E-state index in [0.29, 0.717) is 11.3 Å². The summed E-state index contributed by atoms with van der Waals surface area (Å²) in [6.07, 6.45) is 3.75. The number of likely N-dealkylation sites (tertiary alicyclic amines) is 1. The maximum Gasteiger partial charge on any atom is 0.264 e. The van der Waals surface area contributed by atoms with E-state index in [1.165, 1.54) is 11.3 Å². The third-order valence-electron chi connectivity index (χ3n) is 3.76. The van der Waals surface area contributed by atoms with Gasteiger partial charge in [0.15, 0.2) is 0 Å². The first-order valence-corrected chi connectivity index (χ1v) is 8.11. The van der Waals surface area contributed by atoms with Crippen LogP contribution >= 0.6 is 11.3 Å². The fourth-order valence-electron chi connectivity index (χ4n) is 2.69. The molecule has 0 aromatic carbocycles. The van der Waals surface area contributed by atoms with Crippen LogP contribution in [0.2, 0.25) is 0 Å². The van der Waals surface area contributed by atoms with Crippen LogP contribution in [-0.2, 0) is 0 Å². The summed E-state index contributed by atoms with van der Waals surface area (Å²) in [6, 6.07) is 2.02. The van der Waals surface area contributed by atoms with Crippen molar-refractivity contribution in [3.63, 3.8) is 0 Å². The van der Waals surface area contributed by atoms with E-state index in [2.05, 4.69) is 11.8 Å². The monoisotopic (exact) mass is 307 g/mol. The second-order valence-electron chi connectivity index (χ2n) is 5.24.